The summed E-state index contributed by atoms with van der Waals surface area (Å²) in [4.78, 5) is 0. The summed E-state index contributed by atoms with van der Waals surface area (Å²) in [6, 6.07) is 14.1. The smallest absolute Gasteiger partial charge is 0.115 e. The first-order valence-electron chi connectivity index (χ1n) is 9.21. The Morgan fingerprint density at radius 1 is 0.667 bits per heavy atom. The van der Waals surface area contributed by atoms with E-state index in [0.717, 1.165) is 11.1 Å². The van der Waals surface area contributed by atoms with Gasteiger partial charge in [-0.15, -0.1) is 0 Å². The molecule has 148 valence electrons. The zero-order chi connectivity index (χ0) is 19.8. The molecule has 0 radical (unpaired) electrons. The van der Waals surface area contributed by atoms with Gasteiger partial charge < -0.3 is 24.4 Å². The Morgan fingerprint density at radius 2 is 1.00 bits per heavy atom. The Kier molecular flexibility index (Phi) is 8.10. The van der Waals surface area contributed by atoms with Crippen LogP contribution in [0.5, 0.6) is 11.5 Å². The molecule has 0 saturated heterocycles. The number of aromatic hydroxyl groups is 2. The van der Waals surface area contributed by atoms with Gasteiger partial charge in [-0.1, -0.05) is 24.3 Å². The highest BCUT2D eigenvalue weighted by molar-refractivity contribution is 5.28. The molecule has 4 atom stereocenters. The van der Waals surface area contributed by atoms with Crippen LogP contribution in [0.25, 0.3) is 0 Å². The van der Waals surface area contributed by atoms with Crippen LogP contribution >= 0.6 is 0 Å². The van der Waals surface area contributed by atoms with Crippen molar-refractivity contribution in [3.8, 4) is 11.5 Å². The number of hydrogen-bond donors (Lipinski definition) is 2. The summed E-state index contributed by atoms with van der Waals surface area (Å²) in [7, 11) is 3.36. The Labute approximate surface area is 161 Å². The van der Waals surface area contributed by atoms with E-state index in [9.17, 15) is 10.2 Å². The average Bonchev–Trinajstić information content (AvgIpc) is 2.65. The summed E-state index contributed by atoms with van der Waals surface area (Å²) in [5.74, 6) is 0.484. The fourth-order valence-electron chi connectivity index (χ4n) is 3.23. The second-order valence-electron chi connectivity index (χ2n) is 6.86. The molecule has 2 N–H and O–H groups in total. The summed E-state index contributed by atoms with van der Waals surface area (Å²) in [6.45, 7) is 4.07. The molecule has 0 aliphatic heterocycles. The van der Waals surface area contributed by atoms with Crippen molar-refractivity contribution >= 4 is 0 Å². The molecule has 4 unspecified atom stereocenters. The van der Waals surface area contributed by atoms with E-state index in [2.05, 4.69) is 0 Å². The SMILES string of the molecule is COC(CC(C)OC(C)CC(OC)c1ccc(O)cc1)c1ccc(O)cc1. The highest BCUT2D eigenvalue weighted by Crippen LogP contribution is 2.28. The maximum Gasteiger partial charge on any atom is 0.115 e. The van der Waals surface area contributed by atoms with Crippen LogP contribution < -0.4 is 0 Å². The second-order valence-corrected chi connectivity index (χ2v) is 6.86. The highest BCUT2D eigenvalue weighted by atomic mass is 16.5. The van der Waals surface area contributed by atoms with Crippen molar-refractivity contribution in [2.24, 2.45) is 0 Å². The molecule has 2 rings (SSSR count). The largest absolute Gasteiger partial charge is 0.508 e. The van der Waals surface area contributed by atoms with Crippen LogP contribution in [0.1, 0.15) is 50.0 Å². The minimum absolute atomic E-state index is 0.00363. The van der Waals surface area contributed by atoms with Gasteiger partial charge in [0.05, 0.1) is 24.4 Å². The van der Waals surface area contributed by atoms with Crippen molar-refractivity contribution in [1.82, 2.24) is 0 Å². The van der Waals surface area contributed by atoms with Crippen LogP contribution in [0, 0.1) is 0 Å². The molecule has 0 heterocycles. The van der Waals surface area contributed by atoms with Gasteiger partial charge in [-0.05, 0) is 49.2 Å². The van der Waals surface area contributed by atoms with Gasteiger partial charge in [0.25, 0.3) is 0 Å². The van der Waals surface area contributed by atoms with E-state index in [1.54, 1.807) is 38.5 Å². The first-order valence-corrected chi connectivity index (χ1v) is 9.21. The number of methoxy groups -OCH3 is 2. The molecular formula is C22H30O5. The van der Waals surface area contributed by atoms with E-state index in [1.165, 1.54) is 0 Å². The normalized spacial score (nSPS) is 15.9. The fraction of sp³-hybridized carbons (Fsp3) is 0.455. The second kappa shape index (κ2) is 10.3. The van der Waals surface area contributed by atoms with Crippen LogP contribution in [-0.4, -0.2) is 36.6 Å². The van der Waals surface area contributed by atoms with Gasteiger partial charge in [0, 0.05) is 27.1 Å². The van der Waals surface area contributed by atoms with Crippen molar-refractivity contribution in [2.45, 2.75) is 51.1 Å². The molecule has 2 aromatic carbocycles. The molecule has 0 saturated carbocycles. The van der Waals surface area contributed by atoms with Crippen LogP contribution in [0.3, 0.4) is 0 Å². The van der Waals surface area contributed by atoms with Gasteiger partial charge in [-0.3, -0.25) is 0 Å². The third-order valence-corrected chi connectivity index (χ3v) is 4.66. The molecular weight excluding hydrogens is 344 g/mol. The maximum atomic E-state index is 9.44. The monoisotopic (exact) mass is 374 g/mol. The summed E-state index contributed by atoms with van der Waals surface area (Å²) < 4.78 is 17.3. The number of ether oxygens (including phenoxy) is 3. The molecule has 5 heteroatoms. The average molecular weight is 374 g/mol. The van der Waals surface area contributed by atoms with Crippen LogP contribution in [0.2, 0.25) is 0 Å². The third kappa shape index (κ3) is 6.54. The molecule has 0 aromatic heterocycles. The molecule has 0 spiro atoms. The molecule has 5 nitrogen and oxygen atoms in total. The van der Waals surface area contributed by atoms with Crippen molar-refractivity contribution in [1.29, 1.82) is 0 Å². The number of hydrogen-bond acceptors (Lipinski definition) is 5. The molecule has 27 heavy (non-hydrogen) atoms. The van der Waals surface area contributed by atoms with Crippen molar-refractivity contribution in [2.75, 3.05) is 14.2 Å². The Bertz CT molecular complexity index is 609. The van der Waals surface area contributed by atoms with Crippen molar-refractivity contribution in [3.63, 3.8) is 0 Å². The van der Waals surface area contributed by atoms with E-state index in [0.29, 0.717) is 12.8 Å². The number of benzene rings is 2. The van der Waals surface area contributed by atoms with Gasteiger partial charge in [0.1, 0.15) is 11.5 Å². The topological polar surface area (TPSA) is 68.2 Å². The van der Waals surface area contributed by atoms with Crippen LogP contribution in [0.4, 0.5) is 0 Å². The summed E-state index contributed by atoms with van der Waals surface area (Å²) in [5, 5.41) is 18.9. The quantitative estimate of drug-likeness (QED) is 0.628. The third-order valence-electron chi connectivity index (χ3n) is 4.66. The lowest BCUT2D eigenvalue weighted by atomic mass is 10.0. The summed E-state index contributed by atoms with van der Waals surface area (Å²) >= 11 is 0. The van der Waals surface area contributed by atoms with E-state index >= 15 is 0 Å². The zero-order valence-corrected chi connectivity index (χ0v) is 16.5. The van der Waals surface area contributed by atoms with Gasteiger partial charge in [0.2, 0.25) is 0 Å². The Morgan fingerprint density at radius 3 is 1.30 bits per heavy atom. The maximum absolute atomic E-state index is 9.44. The molecule has 0 bridgehead atoms. The van der Waals surface area contributed by atoms with Crippen LogP contribution in [-0.2, 0) is 14.2 Å². The lowest BCUT2D eigenvalue weighted by Crippen LogP contribution is -2.22. The number of rotatable bonds is 10. The van der Waals surface area contributed by atoms with Gasteiger partial charge >= 0.3 is 0 Å². The molecule has 0 amide bonds. The minimum atomic E-state index is -0.0943. The first kappa shape index (κ1) is 21.2. The summed E-state index contributed by atoms with van der Waals surface area (Å²) in [6.07, 6.45) is 1.23. The fourth-order valence-corrected chi connectivity index (χ4v) is 3.23. The summed E-state index contributed by atoms with van der Waals surface area (Å²) in [5.41, 5.74) is 2.02. The van der Waals surface area contributed by atoms with E-state index in [-0.39, 0.29) is 35.9 Å². The van der Waals surface area contributed by atoms with Gasteiger partial charge in [-0.25, -0.2) is 0 Å². The predicted molar refractivity (Wildman–Crippen MR) is 105 cm³/mol. The van der Waals surface area contributed by atoms with Crippen molar-refractivity contribution in [3.05, 3.63) is 59.7 Å². The molecule has 0 aliphatic carbocycles. The van der Waals surface area contributed by atoms with Crippen LogP contribution in [0.15, 0.2) is 48.5 Å². The minimum Gasteiger partial charge on any atom is -0.508 e. The lowest BCUT2D eigenvalue weighted by Gasteiger charge is -2.26. The number of phenols is 2. The van der Waals surface area contributed by atoms with E-state index in [1.807, 2.05) is 38.1 Å². The molecule has 0 fully saturated rings. The Hall–Kier alpha value is -2.08. The van der Waals surface area contributed by atoms with E-state index in [4.69, 9.17) is 14.2 Å². The van der Waals surface area contributed by atoms with E-state index < -0.39 is 0 Å². The van der Waals surface area contributed by atoms with Gasteiger partial charge in [0.15, 0.2) is 0 Å². The lowest BCUT2D eigenvalue weighted by molar-refractivity contribution is -0.0500. The standard InChI is InChI=1S/C22H30O5/c1-15(13-21(25-3)17-5-9-19(23)10-6-17)27-16(2)14-22(26-4)18-7-11-20(24)12-8-18/h5-12,15-16,21-24H,13-14H2,1-4H3. The van der Waals surface area contributed by atoms with Gasteiger partial charge in [-0.2, -0.15) is 0 Å². The zero-order valence-electron chi connectivity index (χ0n) is 16.5. The molecule has 0 aliphatic rings. The number of phenolic OH excluding ortho intramolecular Hbond substituents is 2. The molecule has 2 aromatic rings. The first-order chi connectivity index (χ1) is 12.9. The Balaban J connectivity index is 1.90. The highest BCUT2D eigenvalue weighted by Gasteiger charge is 2.20. The van der Waals surface area contributed by atoms with Crippen molar-refractivity contribution < 1.29 is 24.4 Å². The predicted octanol–water partition coefficient (Wildman–Crippen LogP) is 4.75.